The van der Waals surface area contributed by atoms with Crippen molar-refractivity contribution in [2.75, 3.05) is 14.7 Å². The second-order valence-electron chi connectivity index (χ2n) is 17.7. The molecule has 8 aromatic rings. The molecule has 2 aromatic heterocycles. The summed E-state index contributed by atoms with van der Waals surface area (Å²) in [6.07, 6.45) is 3.74. The van der Waals surface area contributed by atoms with Gasteiger partial charge in [0.15, 0.2) is 0 Å². The summed E-state index contributed by atoms with van der Waals surface area (Å²) in [5.74, 6) is 1.71. The van der Waals surface area contributed by atoms with Crippen molar-refractivity contribution in [3.8, 4) is 33.4 Å². The first-order chi connectivity index (χ1) is 29.5. The minimum absolute atomic E-state index is 0. The first-order valence-electron chi connectivity index (χ1n) is 20.8. The Morgan fingerprint density at radius 3 is 1.98 bits per heavy atom. The Bertz CT molecular complexity index is 2920. The molecule has 0 atom stereocenters. The molecule has 0 N–H and O–H groups in total. The summed E-state index contributed by atoms with van der Waals surface area (Å²) in [5.41, 5.74) is 14.5. The molecule has 10 rings (SSSR count). The zero-order valence-electron chi connectivity index (χ0n) is 35.6. The third-order valence-corrected chi connectivity index (χ3v) is 12.4. The van der Waals surface area contributed by atoms with E-state index in [-0.39, 0.29) is 31.9 Å². The van der Waals surface area contributed by atoms with E-state index in [0.29, 0.717) is 0 Å². The molecular weight excluding hydrogens is 958 g/mol. The molecule has 0 unspecified atom stereocenters. The van der Waals surface area contributed by atoms with Crippen LogP contribution in [0.5, 0.6) is 0 Å². The van der Waals surface area contributed by atoms with E-state index in [2.05, 4.69) is 215 Å². The fraction of sp³-hybridized carbons (Fsp3) is 0.145. The minimum atomic E-state index is -0.109. The fourth-order valence-corrected chi connectivity index (χ4v) is 9.31. The van der Waals surface area contributed by atoms with E-state index in [4.69, 9.17) is 9.97 Å². The molecule has 0 saturated carbocycles. The Hall–Kier alpha value is -5.94. The number of anilines is 7. The van der Waals surface area contributed by atoms with Gasteiger partial charge in [-0.3, -0.25) is 0 Å². The Morgan fingerprint density at radius 2 is 1.23 bits per heavy atom. The van der Waals surface area contributed by atoms with Crippen LogP contribution in [0.15, 0.2) is 174 Å². The van der Waals surface area contributed by atoms with Gasteiger partial charge in [-0.2, -0.15) is 24.3 Å². The van der Waals surface area contributed by atoms with Gasteiger partial charge in [0.05, 0.1) is 11.4 Å². The number of hydrogen-bond acceptors (Lipinski definition) is 6. The van der Waals surface area contributed by atoms with Gasteiger partial charge in [-0.1, -0.05) is 144 Å². The van der Waals surface area contributed by atoms with Gasteiger partial charge >= 0.3 is 0 Å². The maximum Gasteiger partial charge on any atom is 0.135 e. The molecule has 0 bridgehead atoms. The van der Waals surface area contributed by atoms with Crippen LogP contribution in [0.1, 0.15) is 52.7 Å². The van der Waals surface area contributed by atoms with E-state index in [9.17, 15) is 0 Å². The molecule has 5 nitrogen and oxygen atoms in total. The summed E-state index contributed by atoms with van der Waals surface area (Å²) in [6.45, 7) is 15.8. The molecule has 6 aromatic carbocycles. The molecule has 0 aliphatic carbocycles. The van der Waals surface area contributed by atoms with Crippen LogP contribution in [0.3, 0.4) is 0 Å². The van der Waals surface area contributed by atoms with Crippen LogP contribution in [0, 0.1) is 18.8 Å². The summed E-state index contributed by atoms with van der Waals surface area (Å²) >= 11 is 1.66. The minimum Gasteiger partial charge on any atom is -0.478 e. The molecule has 7 heteroatoms. The molecule has 4 heterocycles. The second-order valence-corrected chi connectivity index (χ2v) is 18.7. The van der Waals surface area contributed by atoms with Crippen molar-refractivity contribution in [1.29, 1.82) is 0 Å². The second kappa shape index (κ2) is 16.4. The predicted octanol–water partition coefficient (Wildman–Crippen LogP) is 15.0. The Morgan fingerprint density at radius 1 is 0.532 bits per heavy atom. The molecule has 0 saturated heterocycles. The normalized spacial score (nSPS) is 13.1. The molecule has 310 valence electrons. The van der Waals surface area contributed by atoms with Gasteiger partial charge in [-0.25, -0.2) is 9.97 Å². The van der Waals surface area contributed by atoms with Gasteiger partial charge in [-0.15, -0.1) is 57.7 Å². The molecule has 0 radical (unpaired) electrons. The quantitative estimate of drug-likeness (QED) is 0.155. The number of para-hydroxylation sites is 1. The van der Waals surface area contributed by atoms with Crippen molar-refractivity contribution < 1.29 is 21.1 Å². The number of benzene rings is 6. The van der Waals surface area contributed by atoms with E-state index in [0.717, 1.165) is 55.4 Å². The molecule has 62 heavy (non-hydrogen) atoms. The van der Waals surface area contributed by atoms with Crippen LogP contribution in [-0.2, 0) is 31.9 Å². The number of fused-ring (bicyclic) bond motifs is 6. The summed E-state index contributed by atoms with van der Waals surface area (Å²) in [7, 11) is 0. The number of aromatic nitrogens is 2. The summed E-state index contributed by atoms with van der Waals surface area (Å²) in [6, 6.07) is 61.6. The van der Waals surface area contributed by atoms with Crippen LogP contribution in [-0.4, -0.2) is 9.97 Å². The Labute approximate surface area is 384 Å². The standard InChI is InChI=1S/C55H46N5S.Pt/c1-54(2,3)38-27-29-45-43-21-10-11-22-44(43)46-30-28-41(35-50(46)60(49(45)33-38)51-26-12-13-31-56-51)61-40-20-14-19-39(34-40)58-36-59(48-25-16-32-57-53(48)58)52-42(37-17-8-7-9-18-37)23-15-24-47(52)55(4,5)6;/h7-33,36H,1-6H3;/q-3;. The molecule has 2 aliphatic rings. The van der Waals surface area contributed by atoms with E-state index in [1.807, 2.05) is 24.5 Å². The average Bonchev–Trinajstić information content (AvgIpc) is 3.61. The zero-order chi connectivity index (χ0) is 41.9. The number of pyridine rings is 2. The van der Waals surface area contributed by atoms with E-state index in [1.54, 1.807) is 11.8 Å². The van der Waals surface area contributed by atoms with Crippen molar-refractivity contribution in [2.45, 2.75) is 62.2 Å². The van der Waals surface area contributed by atoms with E-state index < -0.39 is 0 Å². The van der Waals surface area contributed by atoms with Crippen molar-refractivity contribution >= 4 is 51.8 Å². The van der Waals surface area contributed by atoms with Gasteiger partial charge < -0.3 is 14.7 Å². The number of hydrogen-bond donors (Lipinski definition) is 0. The zero-order valence-corrected chi connectivity index (χ0v) is 38.7. The van der Waals surface area contributed by atoms with Gasteiger partial charge in [0.1, 0.15) is 11.6 Å². The number of nitrogens with zero attached hydrogens (tertiary/aromatic N) is 5. The largest absolute Gasteiger partial charge is 0.478 e. The van der Waals surface area contributed by atoms with Crippen LogP contribution in [0.2, 0.25) is 0 Å². The maximum atomic E-state index is 4.96. The molecule has 0 amide bonds. The van der Waals surface area contributed by atoms with Gasteiger partial charge in [0.25, 0.3) is 0 Å². The Kier molecular flexibility index (Phi) is 11.0. The van der Waals surface area contributed by atoms with Crippen LogP contribution >= 0.6 is 11.8 Å². The summed E-state index contributed by atoms with van der Waals surface area (Å²) in [5, 5.41) is 0. The van der Waals surface area contributed by atoms with Crippen molar-refractivity contribution in [3.63, 3.8) is 0 Å². The van der Waals surface area contributed by atoms with Gasteiger partial charge in [0, 0.05) is 50.3 Å². The average molecular weight is 1000 g/mol. The third-order valence-electron chi connectivity index (χ3n) is 11.5. The monoisotopic (exact) mass is 1000 g/mol. The maximum absolute atomic E-state index is 4.96. The first kappa shape index (κ1) is 41.4. The van der Waals surface area contributed by atoms with Crippen molar-refractivity contribution in [2.24, 2.45) is 0 Å². The first-order valence-corrected chi connectivity index (χ1v) is 21.6. The van der Waals surface area contributed by atoms with Crippen molar-refractivity contribution in [1.82, 2.24) is 9.97 Å². The predicted molar refractivity (Wildman–Crippen MR) is 254 cm³/mol. The summed E-state index contributed by atoms with van der Waals surface area (Å²) in [4.78, 5) is 18.6. The molecular formula is C55H46N5PtS-3. The van der Waals surface area contributed by atoms with Gasteiger partial charge in [0.2, 0.25) is 0 Å². The molecule has 0 spiro atoms. The van der Waals surface area contributed by atoms with Crippen molar-refractivity contribution in [3.05, 3.63) is 194 Å². The van der Waals surface area contributed by atoms with Crippen LogP contribution in [0.4, 0.5) is 40.1 Å². The van der Waals surface area contributed by atoms with Crippen LogP contribution in [0.25, 0.3) is 33.4 Å². The fourth-order valence-electron chi connectivity index (χ4n) is 8.49. The Balaban J connectivity index is 0.00000490. The molecule has 2 aliphatic heterocycles. The SMILES string of the molecule is CC(C)(C)c1ccc2c(c1)N(c1ccccn1)c1[c-]c(Sc3[c-]c(N4[CH-]N(c5c(-c6ccccc6)cccc5C(C)(C)C)c5cccnc54)ccc3)ccc1-c1ccccc1-2.[Pt]. The topological polar surface area (TPSA) is 35.5 Å². The van der Waals surface area contributed by atoms with E-state index >= 15 is 0 Å². The third kappa shape index (κ3) is 7.54. The summed E-state index contributed by atoms with van der Waals surface area (Å²) < 4.78 is 0. The molecule has 0 fully saturated rings. The number of rotatable bonds is 6. The van der Waals surface area contributed by atoms with E-state index in [1.165, 1.54) is 38.9 Å². The van der Waals surface area contributed by atoms with Gasteiger partial charge in [-0.05, 0) is 63.4 Å². The smallest absolute Gasteiger partial charge is 0.135 e. The van der Waals surface area contributed by atoms with Crippen LogP contribution < -0.4 is 14.7 Å².